The molecule has 1 saturated carbocycles. The van der Waals surface area contributed by atoms with Gasteiger partial charge in [-0.2, -0.15) is 4.98 Å². The molecule has 2 aromatic carbocycles. The fourth-order valence-electron chi connectivity index (χ4n) is 5.93. The van der Waals surface area contributed by atoms with E-state index in [4.69, 9.17) is 16.2 Å². The summed E-state index contributed by atoms with van der Waals surface area (Å²) in [7, 11) is 0. The average molecular weight is 582 g/mol. The lowest BCUT2D eigenvalue weighted by Crippen LogP contribution is -2.25. The molecule has 0 radical (unpaired) electrons. The number of ether oxygens (including phenoxy) is 1. The quantitative estimate of drug-likeness (QED) is 0.250. The van der Waals surface area contributed by atoms with Crippen molar-refractivity contribution in [1.29, 1.82) is 0 Å². The summed E-state index contributed by atoms with van der Waals surface area (Å²) in [6, 6.07) is 12.4. The summed E-state index contributed by atoms with van der Waals surface area (Å²) in [4.78, 5) is 47.9. The first-order valence-corrected chi connectivity index (χ1v) is 14.6. The van der Waals surface area contributed by atoms with Gasteiger partial charge < -0.3 is 31.0 Å². The number of hydrogen-bond acceptors (Lipinski definition) is 9. The zero-order valence-corrected chi connectivity index (χ0v) is 24.3. The number of carbonyl (C=O) groups is 2. The molecule has 0 saturated heterocycles. The minimum atomic E-state index is -0.589. The zero-order valence-electron chi connectivity index (χ0n) is 24.3. The number of pyridine rings is 1. The second-order valence-electron chi connectivity index (χ2n) is 11.2. The van der Waals surface area contributed by atoms with Gasteiger partial charge in [0.05, 0.1) is 12.1 Å². The van der Waals surface area contributed by atoms with Crippen molar-refractivity contribution in [3.8, 4) is 11.1 Å². The maximum atomic E-state index is 13.3. The van der Waals surface area contributed by atoms with E-state index in [2.05, 4.69) is 43.0 Å². The van der Waals surface area contributed by atoms with E-state index in [9.17, 15) is 14.4 Å². The lowest BCUT2D eigenvalue weighted by molar-refractivity contribution is -0.118. The molecule has 0 bridgehead atoms. The Morgan fingerprint density at radius 3 is 2.60 bits per heavy atom. The number of nitrogens with two attached hydrogens (primary N) is 2. The number of carbonyl (C=O) groups excluding carboxylic acids is 2. The Hall–Kier alpha value is -4.93. The molecule has 1 aliphatic heterocycles. The first kappa shape index (κ1) is 28.2. The summed E-state index contributed by atoms with van der Waals surface area (Å²) >= 11 is 0. The molecule has 2 aliphatic rings. The number of fused-ring (bicyclic) bond motifs is 2. The first-order valence-electron chi connectivity index (χ1n) is 14.6. The molecule has 2 aromatic heterocycles. The van der Waals surface area contributed by atoms with Crippen molar-refractivity contribution in [2.24, 2.45) is 0 Å². The molecule has 43 heavy (non-hydrogen) atoms. The molecule has 6 rings (SSSR count). The summed E-state index contributed by atoms with van der Waals surface area (Å²) < 4.78 is 7.21. The number of benzene rings is 2. The predicted octanol–water partition coefficient (Wildman–Crippen LogP) is 3.76. The van der Waals surface area contributed by atoms with Gasteiger partial charge >= 0.3 is 5.97 Å². The van der Waals surface area contributed by atoms with Crippen LogP contribution < -0.4 is 27.1 Å². The highest BCUT2D eigenvalue weighted by atomic mass is 16.5. The number of nitrogens with one attached hydrogen (secondary N) is 1. The van der Waals surface area contributed by atoms with Crippen LogP contribution in [0.25, 0.3) is 22.0 Å². The van der Waals surface area contributed by atoms with E-state index in [1.165, 1.54) is 12.5 Å². The van der Waals surface area contributed by atoms with E-state index < -0.39 is 5.97 Å². The van der Waals surface area contributed by atoms with Crippen LogP contribution >= 0.6 is 0 Å². The highest BCUT2D eigenvalue weighted by molar-refractivity contribution is 5.95. The fraction of sp³-hybridized carbons (Fsp3) is 0.344. The monoisotopic (exact) mass is 581 g/mol. The van der Waals surface area contributed by atoms with Gasteiger partial charge in [-0.3, -0.25) is 9.59 Å². The maximum absolute atomic E-state index is 13.3. The molecular formula is C32H35N7O4. The van der Waals surface area contributed by atoms with Gasteiger partial charge in [-0.1, -0.05) is 12.1 Å². The summed E-state index contributed by atoms with van der Waals surface area (Å²) in [5.41, 5.74) is 17.5. The molecule has 4 aromatic rings. The van der Waals surface area contributed by atoms with Crippen molar-refractivity contribution in [2.75, 3.05) is 36.1 Å². The molecular weight excluding hydrogens is 546 g/mol. The third-order valence-electron chi connectivity index (χ3n) is 8.20. The van der Waals surface area contributed by atoms with Gasteiger partial charge in [0.2, 0.25) is 17.3 Å². The molecule has 0 spiro atoms. The van der Waals surface area contributed by atoms with E-state index in [0.29, 0.717) is 24.3 Å². The van der Waals surface area contributed by atoms with Crippen LogP contribution in [0.15, 0.2) is 53.6 Å². The van der Waals surface area contributed by atoms with Crippen molar-refractivity contribution >= 4 is 40.2 Å². The van der Waals surface area contributed by atoms with Crippen LogP contribution in [0.3, 0.4) is 0 Å². The average Bonchev–Trinajstić information content (AvgIpc) is 3.77. The SMILES string of the molecule is CCOC(=O)c1cn(C2CC2)c2cc(-c3ccc4c(c3)C(CCNC(C)=O)CN4Cc3cnc(N)nc3N)ccc2c1=O. The number of anilines is 3. The fourth-order valence-corrected chi connectivity index (χ4v) is 5.93. The van der Waals surface area contributed by atoms with Crippen molar-refractivity contribution in [2.45, 2.75) is 51.6 Å². The lowest BCUT2D eigenvalue weighted by atomic mass is 9.93. The van der Waals surface area contributed by atoms with Crippen LogP contribution in [0.1, 0.15) is 66.6 Å². The molecule has 222 valence electrons. The molecule has 1 amide bonds. The van der Waals surface area contributed by atoms with E-state index in [1.54, 1.807) is 19.3 Å². The van der Waals surface area contributed by atoms with Crippen molar-refractivity contribution < 1.29 is 14.3 Å². The van der Waals surface area contributed by atoms with E-state index in [0.717, 1.165) is 53.7 Å². The largest absolute Gasteiger partial charge is 0.462 e. The summed E-state index contributed by atoms with van der Waals surface area (Å²) in [5, 5.41) is 3.43. The minimum absolute atomic E-state index is 0.0559. The minimum Gasteiger partial charge on any atom is -0.462 e. The van der Waals surface area contributed by atoms with Crippen LogP contribution in [0.2, 0.25) is 0 Å². The third-order valence-corrected chi connectivity index (χ3v) is 8.20. The van der Waals surface area contributed by atoms with Crippen molar-refractivity contribution in [1.82, 2.24) is 19.9 Å². The Morgan fingerprint density at radius 1 is 1.12 bits per heavy atom. The first-order chi connectivity index (χ1) is 20.7. The standard InChI is InChI=1S/C32H35N7O4/c1-3-43-31(42)26-17-39(23-6-7-23)28-13-20(4-8-24(28)29(26)41)19-5-9-27-25(12-19)21(10-11-35-18(2)40)15-38(27)16-22-14-36-32(34)37-30(22)33/h4-5,8-9,12-14,17,21,23H,3,6-7,10-11,15-16H2,1-2H3,(H,35,40)(H4,33,34,36,37). The third kappa shape index (κ3) is 5.62. The van der Waals surface area contributed by atoms with Crippen LogP contribution in [-0.4, -0.2) is 46.1 Å². The topological polar surface area (TPSA) is 158 Å². The molecule has 5 N–H and O–H groups in total. The Labute approximate surface area is 248 Å². The second kappa shape index (κ2) is 11.4. The number of hydrogen-bond donors (Lipinski definition) is 3. The number of esters is 1. The molecule has 1 atom stereocenters. The van der Waals surface area contributed by atoms with Crippen molar-refractivity contribution in [3.63, 3.8) is 0 Å². The Bertz CT molecular complexity index is 1800. The van der Waals surface area contributed by atoms with Crippen LogP contribution in [0.4, 0.5) is 17.5 Å². The zero-order chi connectivity index (χ0) is 30.2. The Morgan fingerprint density at radius 2 is 1.88 bits per heavy atom. The number of aromatic nitrogens is 3. The van der Waals surface area contributed by atoms with Crippen LogP contribution in [0.5, 0.6) is 0 Å². The normalized spacial score (nSPS) is 15.9. The van der Waals surface area contributed by atoms with Gasteiger partial charge in [-0.05, 0) is 67.1 Å². The van der Waals surface area contributed by atoms with Gasteiger partial charge in [0.25, 0.3) is 0 Å². The number of nitrogens with zero attached hydrogens (tertiary/aromatic N) is 4. The number of rotatable bonds is 9. The van der Waals surface area contributed by atoms with Crippen LogP contribution in [-0.2, 0) is 16.1 Å². The van der Waals surface area contributed by atoms with Crippen molar-refractivity contribution in [3.05, 3.63) is 75.7 Å². The molecule has 11 nitrogen and oxygen atoms in total. The summed E-state index contributed by atoms with van der Waals surface area (Å²) in [6.07, 6.45) is 6.10. The second-order valence-corrected chi connectivity index (χ2v) is 11.2. The highest BCUT2D eigenvalue weighted by Crippen LogP contribution is 2.42. The summed E-state index contributed by atoms with van der Waals surface area (Å²) in [6.45, 7) is 5.30. The summed E-state index contributed by atoms with van der Waals surface area (Å²) in [5.74, 6) is 0.0278. The maximum Gasteiger partial charge on any atom is 0.343 e. The van der Waals surface area contributed by atoms with Gasteiger partial charge in [0, 0.05) is 67.5 Å². The Kier molecular flexibility index (Phi) is 7.47. The Balaban J connectivity index is 1.38. The van der Waals surface area contributed by atoms with E-state index >= 15 is 0 Å². The van der Waals surface area contributed by atoms with Gasteiger partial charge in [0.1, 0.15) is 11.4 Å². The highest BCUT2D eigenvalue weighted by Gasteiger charge is 2.30. The molecule has 1 aliphatic carbocycles. The predicted molar refractivity (Wildman–Crippen MR) is 166 cm³/mol. The van der Waals surface area contributed by atoms with E-state index in [1.807, 2.05) is 18.2 Å². The lowest BCUT2D eigenvalue weighted by Gasteiger charge is -2.21. The van der Waals surface area contributed by atoms with Gasteiger partial charge in [0.15, 0.2) is 0 Å². The molecule has 3 heterocycles. The number of amides is 1. The van der Waals surface area contributed by atoms with Gasteiger partial charge in [-0.25, -0.2) is 9.78 Å². The smallest absolute Gasteiger partial charge is 0.343 e. The van der Waals surface area contributed by atoms with Gasteiger partial charge in [-0.15, -0.1) is 0 Å². The number of nitrogen functional groups attached to an aromatic ring is 2. The van der Waals surface area contributed by atoms with Crippen LogP contribution in [0, 0.1) is 0 Å². The molecule has 1 fully saturated rings. The van der Waals surface area contributed by atoms with E-state index in [-0.39, 0.29) is 41.4 Å². The molecule has 11 heteroatoms. The molecule has 1 unspecified atom stereocenters.